The lowest BCUT2D eigenvalue weighted by molar-refractivity contribution is -0.116. The second-order valence-electron chi connectivity index (χ2n) is 6.37. The molecule has 8 heteroatoms. The molecular formula is C19H19FN2O3S2. The van der Waals surface area contributed by atoms with Crippen LogP contribution in [0.5, 0.6) is 0 Å². The van der Waals surface area contributed by atoms with E-state index in [-0.39, 0.29) is 29.4 Å². The van der Waals surface area contributed by atoms with Crippen molar-refractivity contribution in [2.75, 3.05) is 11.1 Å². The summed E-state index contributed by atoms with van der Waals surface area (Å²) in [5, 5.41) is 3.24. The van der Waals surface area contributed by atoms with Crippen LogP contribution in [0.2, 0.25) is 0 Å². The van der Waals surface area contributed by atoms with Crippen LogP contribution in [0.1, 0.15) is 24.0 Å². The lowest BCUT2D eigenvalue weighted by atomic mass is 10.1. The minimum Gasteiger partial charge on any atom is -0.302 e. The van der Waals surface area contributed by atoms with Crippen molar-refractivity contribution < 1.29 is 17.6 Å². The molecule has 3 aromatic rings. The summed E-state index contributed by atoms with van der Waals surface area (Å²) >= 11 is 1.39. The Morgan fingerprint density at radius 3 is 2.59 bits per heavy atom. The maximum atomic E-state index is 12.9. The molecule has 3 rings (SSSR count). The molecule has 1 N–H and O–H groups in total. The van der Waals surface area contributed by atoms with Gasteiger partial charge in [0.25, 0.3) is 0 Å². The van der Waals surface area contributed by atoms with E-state index in [0.29, 0.717) is 5.13 Å². The van der Waals surface area contributed by atoms with Crippen molar-refractivity contribution >= 4 is 42.4 Å². The van der Waals surface area contributed by atoms with Gasteiger partial charge in [-0.1, -0.05) is 17.4 Å². The maximum absolute atomic E-state index is 12.9. The molecule has 0 saturated heterocycles. The second-order valence-corrected chi connectivity index (χ2v) is 9.51. The van der Waals surface area contributed by atoms with Gasteiger partial charge in [0.1, 0.15) is 5.82 Å². The zero-order valence-electron chi connectivity index (χ0n) is 15.0. The van der Waals surface area contributed by atoms with E-state index < -0.39 is 15.7 Å². The lowest BCUT2D eigenvalue weighted by Crippen LogP contribution is -2.14. The fraction of sp³-hybridized carbons (Fsp3) is 0.263. The molecule has 0 radical (unpaired) electrons. The number of nitrogens with zero attached hydrogens (tertiary/aromatic N) is 1. The van der Waals surface area contributed by atoms with Gasteiger partial charge in [0, 0.05) is 6.42 Å². The summed E-state index contributed by atoms with van der Waals surface area (Å²) < 4.78 is 38.3. The molecule has 0 bridgehead atoms. The number of sulfone groups is 1. The number of hydrogen-bond acceptors (Lipinski definition) is 5. The third kappa shape index (κ3) is 4.70. The summed E-state index contributed by atoms with van der Waals surface area (Å²) in [7, 11) is -3.54. The van der Waals surface area contributed by atoms with Crippen molar-refractivity contribution in [3.05, 3.63) is 53.3 Å². The van der Waals surface area contributed by atoms with Crippen LogP contribution < -0.4 is 5.32 Å². The largest absolute Gasteiger partial charge is 0.302 e. The molecule has 0 fully saturated rings. The van der Waals surface area contributed by atoms with Crippen LogP contribution in [-0.2, 0) is 14.6 Å². The number of benzene rings is 2. The van der Waals surface area contributed by atoms with Crippen molar-refractivity contribution in [3.8, 4) is 0 Å². The molecule has 1 aromatic heterocycles. The number of carbonyl (C=O) groups excluding carboxylic acids is 1. The average Bonchev–Trinajstić information content (AvgIpc) is 2.97. The number of rotatable bonds is 6. The van der Waals surface area contributed by atoms with Crippen molar-refractivity contribution in [3.63, 3.8) is 0 Å². The Balaban J connectivity index is 1.58. The molecule has 0 unspecified atom stereocenters. The number of aromatic nitrogens is 1. The van der Waals surface area contributed by atoms with Gasteiger partial charge in [-0.25, -0.2) is 17.8 Å². The van der Waals surface area contributed by atoms with E-state index in [1.807, 2.05) is 26.0 Å². The number of aryl methyl sites for hydroxylation is 2. The molecule has 2 aromatic carbocycles. The molecule has 0 spiro atoms. The molecule has 1 amide bonds. The Labute approximate surface area is 161 Å². The van der Waals surface area contributed by atoms with Crippen molar-refractivity contribution in [2.24, 2.45) is 0 Å². The first-order valence-electron chi connectivity index (χ1n) is 8.40. The third-order valence-electron chi connectivity index (χ3n) is 4.07. The zero-order valence-corrected chi connectivity index (χ0v) is 16.6. The summed E-state index contributed by atoms with van der Waals surface area (Å²) in [6, 6.07) is 8.73. The maximum Gasteiger partial charge on any atom is 0.226 e. The molecule has 0 aliphatic rings. The molecule has 27 heavy (non-hydrogen) atoms. The SMILES string of the molecule is Cc1cc(C)c2nc(NC(=O)CCCS(=O)(=O)c3ccc(F)cc3)sc2c1. The minimum atomic E-state index is -3.54. The standard InChI is InChI=1S/C19H19FN2O3S2/c1-12-10-13(2)18-16(11-12)26-19(22-18)21-17(23)4-3-9-27(24,25)15-7-5-14(20)6-8-15/h5-8,10-11H,3-4,9H2,1-2H3,(H,21,22,23). The van der Waals surface area contributed by atoms with Crippen LogP contribution in [-0.4, -0.2) is 25.1 Å². The fourth-order valence-electron chi connectivity index (χ4n) is 2.79. The van der Waals surface area contributed by atoms with Crippen LogP contribution in [0, 0.1) is 19.7 Å². The van der Waals surface area contributed by atoms with Gasteiger partial charge in [-0.3, -0.25) is 4.79 Å². The predicted molar refractivity (Wildman–Crippen MR) is 105 cm³/mol. The quantitative estimate of drug-likeness (QED) is 0.621. The van der Waals surface area contributed by atoms with Crippen molar-refractivity contribution in [2.45, 2.75) is 31.6 Å². The van der Waals surface area contributed by atoms with Gasteiger partial charge in [0.2, 0.25) is 5.91 Å². The zero-order chi connectivity index (χ0) is 19.6. The highest BCUT2D eigenvalue weighted by Crippen LogP contribution is 2.29. The highest BCUT2D eigenvalue weighted by molar-refractivity contribution is 7.91. The average molecular weight is 407 g/mol. The van der Waals surface area contributed by atoms with Crippen LogP contribution in [0.15, 0.2) is 41.3 Å². The van der Waals surface area contributed by atoms with Gasteiger partial charge < -0.3 is 5.32 Å². The number of halogens is 1. The number of fused-ring (bicyclic) bond motifs is 1. The van der Waals surface area contributed by atoms with E-state index >= 15 is 0 Å². The topological polar surface area (TPSA) is 76.1 Å². The Kier molecular flexibility index (Phi) is 5.57. The smallest absolute Gasteiger partial charge is 0.226 e. The fourth-order valence-corrected chi connectivity index (χ4v) is 5.16. The molecule has 0 aliphatic carbocycles. The van der Waals surface area contributed by atoms with E-state index in [4.69, 9.17) is 0 Å². The van der Waals surface area contributed by atoms with Crippen LogP contribution in [0.4, 0.5) is 9.52 Å². The molecule has 5 nitrogen and oxygen atoms in total. The van der Waals surface area contributed by atoms with Gasteiger partial charge in [0.15, 0.2) is 15.0 Å². The number of hydrogen-bond donors (Lipinski definition) is 1. The predicted octanol–water partition coefficient (Wildman–Crippen LogP) is 4.24. The van der Waals surface area contributed by atoms with Crippen molar-refractivity contribution in [1.29, 1.82) is 0 Å². The van der Waals surface area contributed by atoms with Gasteiger partial charge in [0.05, 0.1) is 20.9 Å². The monoisotopic (exact) mass is 406 g/mol. The summed E-state index contributed by atoms with van der Waals surface area (Å²) in [6.07, 6.45) is 0.239. The molecule has 0 aliphatic heterocycles. The number of nitrogens with one attached hydrogen (secondary N) is 1. The first-order valence-corrected chi connectivity index (χ1v) is 10.9. The van der Waals surface area contributed by atoms with Gasteiger partial charge >= 0.3 is 0 Å². The Hall–Kier alpha value is -2.32. The summed E-state index contributed by atoms with van der Waals surface area (Å²) in [6.45, 7) is 3.98. The summed E-state index contributed by atoms with van der Waals surface area (Å²) in [5.74, 6) is -0.947. The third-order valence-corrected chi connectivity index (χ3v) is 6.80. The molecule has 0 saturated carbocycles. The molecule has 0 atom stereocenters. The molecular weight excluding hydrogens is 387 g/mol. The van der Waals surface area contributed by atoms with Gasteiger partial charge in [-0.2, -0.15) is 0 Å². The minimum absolute atomic E-state index is 0.0568. The normalized spacial score (nSPS) is 11.7. The van der Waals surface area contributed by atoms with E-state index in [1.54, 1.807) is 0 Å². The first kappa shape index (κ1) is 19.4. The van der Waals surface area contributed by atoms with E-state index in [2.05, 4.69) is 10.3 Å². The number of amides is 1. The second kappa shape index (κ2) is 7.74. The summed E-state index contributed by atoms with van der Waals surface area (Å²) in [5.41, 5.74) is 3.04. The van der Waals surface area contributed by atoms with E-state index in [9.17, 15) is 17.6 Å². The Morgan fingerprint density at radius 1 is 1.19 bits per heavy atom. The summed E-state index contributed by atoms with van der Waals surface area (Å²) in [4.78, 5) is 16.6. The Bertz CT molecular complexity index is 1090. The number of anilines is 1. The highest BCUT2D eigenvalue weighted by atomic mass is 32.2. The van der Waals surface area contributed by atoms with E-state index in [0.717, 1.165) is 33.5 Å². The molecule has 142 valence electrons. The number of carbonyl (C=O) groups is 1. The Morgan fingerprint density at radius 2 is 1.89 bits per heavy atom. The first-order chi connectivity index (χ1) is 12.7. The molecule has 1 heterocycles. The van der Waals surface area contributed by atoms with Gasteiger partial charge in [-0.05, 0) is 61.7 Å². The van der Waals surface area contributed by atoms with Crippen LogP contribution in [0.3, 0.4) is 0 Å². The number of thiazole rings is 1. The van der Waals surface area contributed by atoms with E-state index in [1.165, 1.54) is 23.5 Å². The van der Waals surface area contributed by atoms with Crippen LogP contribution in [0.25, 0.3) is 10.2 Å². The highest BCUT2D eigenvalue weighted by Gasteiger charge is 2.16. The lowest BCUT2D eigenvalue weighted by Gasteiger charge is -2.04. The van der Waals surface area contributed by atoms with Gasteiger partial charge in [-0.15, -0.1) is 0 Å². The van der Waals surface area contributed by atoms with Crippen molar-refractivity contribution in [1.82, 2.24) is 4.98 Å². The van der Waals surface area contributed by atoms with Crippen LogP contribution >= 0.6 is 11.3 Å².